The highest BCUT2D eigenvalue weighted by Crippen LogP contribution is 2.23. The van der Waals surface area contributed by atoms with Crippen molar-refractivity contribution in [2.75, 3.05) is 0 Å². The molecule has 1 heterocycles. The first-order valence-corrected chi connectivity index (χ1v) is 6.10. The van der Waals surface area contributed by atoms with Gasteiger partial charge >= 0.3 is 0 Å². The minimum atomic E-state index is 0.0632. The van der Waals surface area contributed by atoms with E-state index in [0.29, 0.717) is 12.3 Å². The molecule has 1 unspecified atom stereocenters. The molecule has 0 bridgehead atoms. The zero-order valence-electron chi connectivity index (χ0n) is 10.7. The van der Waals surface area contributed by atoms with Gasteiger partial charge in [-0.05, 0) is 19.9 Å². The number of benzene rings is 1. The second-order valence-corrected chi connectivity index (χ2v) is 4.19. The maximum atomic E-state index is 9.77. The van der Waals surface area contributed by atoms with E-state index >= 15 is 0 Å². The van der Waals surface area contributed by atoms with Crippen molar-refractivity contribution >= 4 is 0 Å². The van der Waals surface area contributed by atoms with Crippen LogP contribution in [0.5, 0.6) is 5.75 Å². The zero-order valence-corrected chi connectivity index (χ0v) is 10.7. The molecule has 0 radical (unpaired) electrons. The lowest BCUT2D eigenvalue weighted by molar-refractivity contribution is 0.449. The maximum absolute atomic E-state index is 9.77. The Bertz CT molecular complexity index is 509. The molecule has 2 rings (SSSR count). The summed E-state index contributed by atoms with van der Waals surface area (Å²) in [4.78, 5) is 0. The summed E-state index contributed by atoms with van der Waals surface area (Å²) >= 11 is 0. The molecule has 0 aliphatic rings. The van der Waals surface area contributed by atoms with Crippen LogP contribution in [0.25, 0.3) is 0 Å². The predicted octanol–water partition coefficient (Wildman–Crippen LogP) is 1.85. The molecule has 18 heavy (non-hydrogen) atoms. The number of nitrogens with one attached hydrogen (secondary N) is 1. The van der Waals surface area contributed by atoms with Crippen LogP contribution in [0.2, 0.25) is 0 Å². The van der Waals surface area contributed by atoms with Gasteiger partial charge in [0.05, 0.1) is 6.54 Å². The predicted molar refractivity (Wildman–Crippen MR) is 69.1 cm³/mol. The molecular formula is C13H18N4O. The Morgan fingerprint density at radius 3 is 2.89 bits per heavy atom. The third-order valence-corrected chi connectivity index (χ3v) is 3.01. The molecule has 1 aromatic heterocycles. The molecule has 0 spiro atoms. The molecule has 0 aliphatic heterocycles. The Hall–Kier alpha value is -1.88. The molecule has 0 fully saturated rings. The van der Waals surface area contributed by atoms with Crippen molar-refractivity contribution < 1.29 is 5.11 Å². The van der Waals surface area contributed by atoms with Gasteiger partial charge in [0.2, 0.25) is 0 Å². The lowest BCUT2D eigenvalue weighted by Gasteiger charge is -2.15. The minimum absolute atomic E-state index is 0.0632. The standard InChI is InChI=1S/C13H18N4O/c1-3-17-9-15-16-13(17)8-14-10(2)11-6-4-5-7-12(11)18/h4-7,9-10,14,18H,3,8H2,1-2H3. The fourth-order valence-corrected chi connectivity index (χ4v) is 1.89. The molecule has 96 valence electrons. The van der Waals surface area contributed by atoms with Crippen LogP contribution in [0, 0.1) is 0 Å². The van der Waals surface area contributed by atoms with Gasteiger partial charge in [0.25, 0.3) is 0 Å². The van der Waals surface area contributed by atoms with E-state index in [-0.39, 0.29) is 6.04 Å². The Morgan fingerprint density at radius 2 is 2.17 bits per heavy atom. The Labute approximate surface area is 106 Å². The van der Waals surface area contributed by atoms with Crippen LogP contribution in [0.15, 0.2) is 30.6 Å². The van der Waals surface area contributed by atoms with Crippen molar-refractivity contribution in [1.82, 2.24) is 20.1 Å². The van der Waals surface area contributed by atoms with Crippen LogP contribution < -0.4 is 5.32 Å². The van der Waals surface area contributed by atoms with Gasteiger partial charge in [-0.25, -0.2) is 0 Å². The first kappa shape index (κ1) is 12.6. The van der Waals surface area contributed by atoms with E-state index < -0.39 is 0 Å². The Morgan fingerprint density at radius 1 is 1.39 bits per heavy atom. The number of phenols is 1. The summed E-state index contributed by atoms with van der Waals surface area (Å²) in [7, 11) is 0. The third-order valence-electron chi connectivity index (χ3n) is 3.01. The average molecular weight is 246 g/mol. The zero-order chi connectivity index (χ0) is 13.0. The molecular weight excluding hydrogens is 228 g/mol. The summed E-state index contributed by atoms with van der Waals surface area (Å²) < 4.78 is 1.99. The van der Waals surface area contributed by atoms with Crippen LogP contribution in [-0.4, -0.2) is 19.9 Å². The van der Waals surface area contributed by atoms with Gasteiger partial charge in [-0.1, -0.05) is 18.2 Å². The summed E-state index contributed by atoms with van der Waals surface area (Å²) in [5.74, 6) is 1.22. The lowest BCUT2D eigenvalue weighted by Crippen LogP contribution is -2.20. The van der Waals surface area contributed by atoms with Gasteiger partial charge in [-0.2, -0.15) is 0 Å². The molecule has 5 heteroatoms. The number of aryl methyl sites for hydroxylation is 1. The Balaban J connectivity index is 2.01. The second kappa shape index (κ2) is 5.64. The van der Waals surface area contributed by atoms with Crippen molar-refractivity contribution in [1.29, 1.82) is 0 Å². The minimum Gasteiger partial charge on any atom is -0.508 e. The van der Waals surface area contributed by atoms with Gasteiger partial charge in [0.1, 0.15) is 17.9 Å². The van der Waals surface area contributed by atoms with Crippen molar-refractivity contribution in [2.45, 2.75) is 33.0 Å². The number of para-hydroxylation sites is 1. The van der Waals surface area contributed by atoms with E-state index in [9.17, 15) is 5.11 Å². The molecule has 0 amide bonds. The lowest BCUT2D eigenvalue weighted by atomic mass is 10.1. The molecule has 0 saturated heterocycles. The maximum Gasteiger partial charge on any atom is 0.146 e. The van der Waals surface area contributed by atoms with Crippen molar-refractivity contribution in [3.63, 3.8) is 0 Å². The van der Waals surface area contributed by atoms with Crippen LogP contribution in [0.4, 0.5) is 0 Å². The van der Waals surface area contributed by atoms with Crippen molar-refractivity contribution in [3.8, 4) is 5.75 Å². The van der Waals surface area contributed by atoms with E-state index in [0.717, 1.165) is 17.9 Å². The summed E-state index contributed by atoms with van der Waals surface area (Å²) in [6.07, 6.45) is 1.72. The molecule has 0 saturated carbocycles. The van der Waals surface area contributed by atoms with E-state index in [1.807, 2.05) is 29.7 Å². The topological polar surface area (TPSA) is 63.0 Å². The van der Waals surface area contributed by atoms with Crippen LogP contribution >= 0.6 is 0 Å². The van der Waals surface area contributed by atoms with Crippen molar-refractivity contribution in [2.24, 2.45) is 0 Å². The van der Waals surface area contributed by atoms with Crippen LogP contribution in [-0.2, 0) is 13.1 Å². The average Bonchev–Trinajstić information content (AvgIpc) is 2.84. The van der Waals surface area contributed by atoms with Crippen LogP contribution in [0.1, 0.15) is 31.3 Å². The fraction of sp³-hybridized carbons (Fsp3) is 0.385. The second-order valence-electron chi connectivity index (χ2n) is 4.19. The highest BCUT2D eigenvalue weighted by molar-refractivity contribution is 5.34. The van der Waals surface area contributed by atoms with Gasteiger partial charge < -0.3 is 15.0 Å². The third kappa shape index (κ3) is 2.68. The fourth-order valence-electron chi connectivity index (χ4n) is 1.89. The summed E-state index contributed by atoms with van der Waals surface area (Å²) in [5.41, 5.74) is 0.889. The van der Waals surface area contributed by atoms with Gasteiger partial charge in [-0.15, -0.1) is 10.2 Å². The number of phenolic OH excluding ortho intramolecular Hbond substituents is 1. The first-order chi connectivity index (χ1) is 8.72. The number of nitrogens with zero attached hydrogens (tertiary/aromatic N) is 3. The highest BCUT2D eigenvalue weighted by Gasteiger charge is 2.10. The number of aromatic nitrogens is 3. The van der Waals surface area contributed by atoms with Crippen LogP contribution in [0.3, 0.4) is 0 Å². The monoisotopic (exact) mass is 246 g/mol. The molecule has 0 aliphatic carbocycles. The van der Waals surface area contributed by atoms with Gasteiger partial charge in [-0.3, -0.25) is 0 Å². The number of hydrogen-bond acceptors (Lipinski definition) is 4. The summed E-state index contributed by atoms with van der Waals surface area (Å²) in [5, 5.41) is 21.0. The van der Waals surface area contributed by atoms with E-state index in [4.69, 9.17) is 0 Å². The number of aromatic hydroxyl groups is 1. The summed E-state index contributed by atoms with van der Waals surface area (Å²) in [6, 6.07) is 7.41. The molecule has 2 N–H and O–H groups in total. The van der Waals surface area contributed by atoms with E-state index in [1.165, 1.54) is 0 Å². The van der Waals surface area contributed by atoms with Gasteiger partial charge in [0, 0.05) is 18.2 Å². The summed E-state index contributed by atoms with van der Waals surface area (Å²) in [6.45, 7) is 5.55. The Kier molecular flexibility index (Phi) is 3.94. The molecule has 2 aromatic rings. The quantitative estimate of drug-likeness (QED) is 0.845. The molecule has 5 nitrogen and oxygen atoms in total. The SMILES string of the molecule is CCn1cnnc1CNC(C)c1ccccc1O. The first-order valence-electron chi connectivity index (χ1n) is 6.10. The van der Waals surface area contributed by atoms with E-state index in [1.54, 1.807) is 12.4 Å². The van der Waals surface area contributed by atoms with E-state index in [2.05, 4.69) is 22.4 Å². The smallest absolute Gasteiger partial charge is 0.146 e. The normalized spacial score (nSPS) is 12.6. The highest BCUT2D eigenvalue weighted by atomic mass is 16.3. The molecule has 1 aromatic carbocycles. The number of rotatable bonds is 5. The number of hydrogen-bond donors (Lipinski definition) is 2. The van der Waals surface area contributed by atoms with Crippen molar-refractivity contribution in [3.05, 3.63) is 42.0 Å². The largest absolute Gasteiger partial charge is 0.508 e. The molecule has 1 atom stereocenters. The van der Waals surface area contributed by atoms with Gasteiger partial charge in [0.15, 0.2) is 0 Å².